The van der Waals surface area contributed by atoms with Crippen molar-refractivity contribution in [2.45, 2.75) is 20.8 Å². The molecular weight excluding hydrogens is 186 g/mol. The third kappa shape index (κ3) is 1.54. The Kier molecular flexibility index (Phi) is 2.29. The first-order valence-electron chi connectivity index (χ1n) is 5.45. The van der Waals surface area contributed by atoms with Gasteiger partial charge in [-0.2, -0.15) is 0 Å². The Morgan fingerprint density at radius 3 is 2.67 bits per heavy atom. The van der Waals surface area contributed by atoms with Gasteiger partial charge in [0.1, 0.15) is 0 Å². The van der Waals surface area contributed by atoms with Crippen LogP contribution in [0, 0.1) is 5.41 Å². The molecule has 80 valence electrons. The van der Waals surface area contributed by atoms with Gasteiger partial charge in [-0.15, -0.1) is 0 Å². The van der Waals surface area contributed by atoms with Gasteiger partial charge in [0.25, 0.3) is 0 Å². The maximum atomic E-state index is 12.2. The van der Waals surface area contributed by atoms with E-state index in [-0.39, 0.29) is 11.2 Å². The Balaban J connectivity index is 2.55. The molecule has 0 atom stereocenters. The monoisotopic (exact) mass is 203 g/mol. The topological polar surface area (TPSA) is 20.3 Å². The van der Waals surface area contributed by atoms with Gasteiger partial charge in [0, 0.05) is 29.8 Å². The number of anilines is 1. The summed E-state index contributed by atoms with van der Waals surface area (Å²) in [4.78, 5) is 14.4. The number of hydrogen-bond acceptors (Lipinski definition) is 2. The van der Waals surface area contributed by atoms with Crippen LogP contribution >= 0.6 is 0 Å². The molecule has 0 spiro atoms. The Morgan fingerprint density at radius 1 is 1.33 bits per heavy atom. The molecule has 0 saturated carbocycles. The van der Waals surface area contributed by atoms with E-state index in [2.05, 4.69) is 11.8 Å². The molecule has 1 aliphatic heterocycles. The summed E-state index contributed by atoms with van der Waals surface area (Å²) in [7, 11) is 0. The molecule has 1 aromatic rings. The van der Waals surface area contributed by atoms with Crippen LogP contribution in [-0.4, -0.2) is 18.9 Å². The predicted octanol–water partition coefficient (Wildman–Crippen LogP) is 2.74. The molecule has 1 heterocycles. The highest BCUT2D eigenvalue weighted by Crippen LogP contribution is 2.35. The van der Waals surface area contributed by atoms with Gasteiger partial charge in [0.2, 0.25) is 0 Å². The van der Waals surface area contributed by atoms with Gasteiger partial charge in [0.05, 0.1) is 0 Å². The quantitative estimate of drug-likeness (QED) is 0.699. The van der Waals surface area contributed by atoms with Gasteiger partial charge < -0.3 is 4.90 Å². The molecule has 0 N–H and O–H groups in total. The molecule has 0 bridgehead atoms. The van der Waals surface area contributed by atoms with Crippen LogP contribution in [0.25, 0.3) is 0 Å². The highest BCUT2D eigenvalue weighted by atomic mass is 16.1. The lowest BCUT2D eigenvalue weighted by Crippen LogP contribution is -2.44. The van der Waals surface area contributed by atoms with E-state index in [1.54, 1.807) is 0 Å². The zero-order chi connectivity index (χ0) is 11.1. The van der Waals surface area contributed by atoms with Crippen molar-refractivity contribution >= 4 is 11.5 Å². The summed E-state index contributed by atoms with van der Waals surface area (Å²) in [6.45, 7) is 7.94. The molecule has 2 heteroatoms. The van der Waals surface area contributed by atoms with Crippen LogP contribution in [0.4, 0.5) is 5.69 Å². The third-order valence-corrected chi connectivity index (χ3v) is 3.07. The van der Waals surface area contributed by atoms with Crippen LogP contribution in [-0.2, 0) is 0 Å². The Morgan fingerprint density at radius 2 is 2.00 bits per heavy atom. The average molecular weight is 203 g/mol. The number of rotatable bonds is 1. The van der Waals surface area contributed by atoms with E-state index in [4.69, 9.17) is 0 Å². The average Bonchev–Trinajstić information content (AvgIpc) is 2.24. The van der Waals surface area contributed by atoms with Crippen LogP contribution in [0.15, 0.2) is 24.3 Å². The molecular formula is C13H17NO. The normalized spacial score (nSPS) is 18.9. The van der Waals surface area contributed by atoms with E-state index in [1.807, 2.05) is 38.1 Å². The van der Waals surface area contributed by atoms with E-state index < -0.39 is 0 Å². The molecule has 0 saturated heterocycles. The molecule has 0 amide bonds. The highest BCUT2D eigenvalue weighted by molar-refractivity contribution is 6.06. The molecule has 0 aliphatic carbocycles. The molecule has 15 heavy (non-hydrogen) atoms. The van der Waals surface area contributed by atoms with E-state index in [0.29, 0.717) is 0 Å². The Bertz CT molecular complexity index is 395. The minimum Gasteiger partial charge on any atom is -0.370 e. The maximum Gasteiger partial charge on any atom is 0.172 e. The summed E-state index contributed by atoms with van der Waals surface area (Å²) < 4.78 is 0. The molecule has 1 aromatic carbocycles. The fourth-order valence-electron chi connectivity index (χ4n) is 2.22. The smallest absolute Gasteiger partial charge is 0.172 e. The summed E-state index contributed by atoms with van der Waals surface area (Å²) >= 11 is 0. The van der Waals surface area contributed by atoms with Gasteiger partial charge in [0.15, 0.2) is 5.78 Å². The van der Waals surface area contributed by atoms with Crippen molar-refractivity contribution in [1.82, 2.24) is 0 Å². The minimum absolute atomic E-state index is 0.260. The van der Waals surface area contributed by atoms with Crippen molar-refractivity contribution in [1.29, 1.82) is 0 Å². The zero-order valence-electron chi connectivity index (χ0n) is 9.58. The first kappa shape index (κ1) is 10.2. The Hall–Kier alpha value is -1.31. The van der Waals surface area contributed by atoms with Gasteiger partial charge in [-0.3, -0.25) is 4.79 Å². The maximum absolute atomic E-state index is 12.2. The lowest BCUT2D eigenvalue weighted by atomic mass is 9.80. The van der Waals surface area contributed by atoms with Crippen molar-refractivity contribution in [3.63, 3.8) is 0 Å². The standard InChI is InChI=1S/C13H17NO/c1-4-14-9-13(2,3)12(15)10-7-5-6-8-11(10)14/h5-8H,4,9H2,1-3H3. The van der Waals surface area contributed by atoms with Gasteiger partial charge >= 0.3 is 0 Å². The number of Topliss-reactive ketones (excluding diaryl/α,β-unsaturated/α-hetero) is 1. The second-order valence-corrected chi connectivity index (χ2v) is 4.74. The van der Waals surface area contributed by atoms with Crippen LogP contribution in [0.5, 0.6) is 0 Å². The SMILES string of the molecule is CCN1CC(C)(C)C(=O)c2ccccc21. The van der Waals surface area contributed by atoms with Crippen LogP contribution in [0.2, 0.25) is 0 Å². The van der Waals surface area contributed by atoms with Crippen molar-refractivity contribution in [2.75, 3.05) is 18.0 Å². The molecule has 2 rings (SSSR count). The number of ketones is 1. The van der Waals surface area contributed by atoms with Crippen molar-refractivity contribution in [3.8, 4) is 0 Å². The van der Waals surface area contributed by atoms with Gasteiger partial charge in [-0.25, -0.2) is 0 Å². The van der Waals surface area contributed by atoms with E-state index >= 15 is 0 Å². The lowest BCUT2D eigenvalue weighted by molar-refractivity contribution is 0.0835. The second-order valence-electron chi connectivity index (χ2n) is 4.74. The lowest BCUT2D eigenvalue weighted by Gasteiger charge is -2.38. The summed E-state index contributed by atoms with van der Waals surface area (Å²) in [6, 6.07) is 7.90. The third-order valence-electron chi connectivity index (χ3n) is 3.07. The summed E-state index contributed by atoms with van der Waals surface area (Å²) in [6.07, 6.45) is 0. The van der Waals surface area contributed by atoms with Gasteiger partial charge in [-0.1, -0.05) is 26.0 Å². The summed E-state index contributed by atoms with van der Waals surface area (Å²) in [5, 5.41) is 0. The fraction of sp³-hybridized carbons (Fsp3) is 0.462. The number of hydrogen-bond donors (Lipinski definition) is 0. The predicted molar refractivity (Wildman–Crippen MR) is 62.4 cm³/mol. The minimum atomic E-state index is -0.260. The van der Waals surface area contributed by atoms with E-state index in [9.17, 15) is 4.79 Å². The summed E-state index contributed by atoms with van der Waals surface area (Å²) in [5.74, 6) is 0.266. The van der Waals surface area contributed by atoms with Gasteiger partial charge in [-0.05, 0) is 19.1 Å². The number of carbonyl (C=O) groups is 1. The van der Waals surface area contributed by atoms with Crippen molar-refractivity contribution in [3.05, 3.63) is 29.8 Å². The molecule has 1 aliphatic rings. The largest absolute Gasteiger partial charge is 0.370 e. The van der Waals surface area contributed by atoms with E-state index in [0.717, 1.165) is 24.3 Å². The first-order chi connectivity index (χ1) is 7.06. The number of para-hydroxylation sites is 1. The number of carbonyl (C=O) groups excluding carboxylic acids is 1. The van der Waals surface area contributed by atoms with Crippen LogP contribution in [0.1, 0.15) is 31.1 Å². The van der Waals surface area contributed by atoms with Crippen LogP contribution in [0.3, 0.4) is 0 Å². The molecule has 0 fully saturated rings. The molecule has 0 radical (unpaired) electrons. The number of fused-ring (bicyclic) bond motifs is 1. The Labute approximate surface area is 90.9 Å². The number of nitrogens with zero attached hydrogens (tertiary/aromatic N) is 1. The zero-order valence-corrected chi connectivity index (χ0v) is 9.58. The van der Waals surface area contributed by atoms with Crippen molar-refractivity contribution < 1.29 is 4.79 Å². The van der Waals surface area contributed by atoms with Crippen LogP contribution < -0.4 is 4.90 Å². The van der Waals surface area contributed by atoms with Crippen molar-refractivity contribution in [2.24, 2.45) is 5.41 Å². The summed E-state index contributed by atoms with van der Waals surface area (Å²) in [5.41, 5.74) is 1.70. The molecule has 0 unspecified atom stereocenters. The van der Waals surface area contributed by atoms with E-state index in [1.165, 1.54) is 0 Å². The molecule has 0 aromatic heterocycles. The number of benzene rings is 1. The second kappa shape index (κ2) is 3.37. The first-order valence-corrected chi connectivity index (χ1v) is 5.45. The fourth-order valence-corrected chi connectivity index (χ4v) is 2.22. The highest BCUT2D eigenvalue weighted by Gasteiger charge is 2.37. The molecule has 2 nitrogen and oxygen atoms in total.